The molecular formula is C22H23NO6. The van der Waals surface area contributed by atoms with E-state index in [4.69, 9.17) is 9.47 Å². The molecule has 1 heterocycles. The number of hydrogen-bond donors (Lipinski definition) is 2. The SMILES string of the molecule is COc1ccc(/C(O)=C2\C(=O)C(=O)N(CCCO)[C@@H]2c2ccc(OC)cc2)cc1. The third-order valence-electron chi connectivity index (χ3n) is 4.89. The molecule has 7 nitrogen and oxygen atoms in total. The van der Waals surface area contributed by atoms with E-state index in [1.807, 2.05) is 0 Å². The first-order valence-corrected chi connectivity index (χ1v) is 9.19. The Morgan fingerprint density at radius 2 is 1.52 bits per heavy atom. The number of aliphatic hydroxyl groups is 2. The van der Waals surface area contributed by atoms with Gasteiger partial charge >= 0.3 is 0 Å². The van der Waals surface area contributed by atoms with Crippen molar-refractivity contribution in [3.63, 3.8) is 0 Å². The molecule has 2 aromatic carbocycles. The summed E-state index contributed by atoms with van der Waals surface area (Å²) in [5, 5.41) is 20.1. The Bertz CT molecular complexity index is 917. The maximum atomic E-state index is 12.8. The van der Waals surface area contributed by atoms with Crippen molar-refractivity contribution in [1.82, 2.24) is 4.90 Å². The summed E-state index contributed by atoms with van der Waals surface area (Å²) in [6, 6.07) is 12.8. The number of nitrogens with zero attached hydrogens (tertiary/aromatic N) is 1. The normalized spacial score (nSPS) is 18.2. The number of carbonyl (C=O) groups excluding carboxylic acids is 2. The lowest BCUT2D eigenvalue weighted by atomic mass is 9.95. The molecule has 1 atom stereocenters. The molecule has 0 spiro atoms. The van der Waals surface area contributed by atoms with Crippen LogP contribution in [0.4, 0.5) is 0 Å². The molecule has 2 N–H and O–H groups in total. The highest BCUT2D eigenvalue weighted by molar-refractivity contribution is 6.46. The van der Waals surface area contributed by atoms with Crippen molar-refractivity contribution in [2.45, 2.75) is 12.5 Å². The van der Waals surface area contributed by atoms with Crippen LogP contribution in [-0.2, 0) is 9.59 Å². The number of Topliss-reactive ketones (excluding diaryl/α,β-unsaturated/α-hetero) is 1. The van der Waals surface area contributed by atoms with Crippen LogP contribution in [0.1, 0.15) is 23.6 Å². The van der Waals surface area contributed by atoms with Crippen molar-refractivity contribution >= 4 is 17.4 Å². The molecule has 1 aliphatic rings. The van der Waals surface area contributed by atoms with Gasteiger partial charge in [0.05, 0.1) is 25.8 Å². The first-order chi connectivity index (χ1) is 14.0. The van der Waals surface area contributed by atoms with Crippen LogP contribution in [0, 0.1) is 0 Å². The predicted octanol–water partition coefficient (Wildman–Crippen LogP) is 2.51. The van der Waals surface area contributed by atoms with E-state index < -0.39 is 17.7 Å². The molecule has 1 amide bonds. The molecule has 152 valence electrons. The monoisotopic (exact) mass is 397 g/mol. The molecule has 1 fully saturated rings. The number of ketones is 1. The van der Waals surface area contributed by atoms with Crippen LogP contribution in [0.25, 0.3) is 5.76 Å². The van der Waals surface area contributed by atoms with Gasteiger partial charge in [-0.1, -0.05) is 12.1 Å². The summed E-state index contributed by atoms with van der Waals surface area (Å²) < 4.78 is 10.3. The standard InChI is InChI=1S/C22H23NO6/c1-28-16-8-4-14(5-9-16)19-18(21(26)22(27)23(19)12-3-13-24)20(25)15-6-10-17(29-2)11-7-15/h4-11,19,24-25H,3,12-13H2,1-2H3/b20-18+/t19-/m1/s1. The molecule has 29 heavy (non-hydrogen) atoms. The Labute approximate surface area is 168 Å². The molecule has 1 saturated heterocycles. The van der Waals surface area contributed by atoms with Crippen molar-refractivity contribution in [3.05, 3.63) is 65.2 Å². The van der Waals surface area contributed by atoms with Crippen LogP contribution >= 0.6 is 0 Å². The van der Waals surface area contributed by atoms with Crippen molar-refractivity contribution in [2.75, 3.05) is 27.4 Å². The van der Waals surface area contributed by atoms with Crippen molar-refractivity contribution in [2.24, 2.45) is 0 Å². The number of hydrogen-bond acceptors (Lipinski definition) is 6. The zero-order valence-corrected chi connectivity index (χ0v) is 16.3. The Balaban J connectivity index is 2.11. The maximum absolute atomic E-state index is 12.8. The summed E-state index contributed by atoms with van der Waals surface area (Å²) >= 11 is 0. The van der Waals surface area contributed by atoms with Gasteiger partial charge in [-0.25, -0.2) is 0 Å². The smallest absolute Gasteiger partial charge is 0.295 e. The van der Waals surface area contributed by atoms with Gasteiger partial charge in [-0.3, -0.25) is 9.59 Å². The zero-order chi connectivity index (χ0) is 21.0. The molecule has 0 saturated carbocycles. The van der Waals surface area contributed by atoms with Gasteiger partial charge in [0.2, 0.25) is 0 Å². The first-order valence-electron chi connectivity index (χ1n) is 9.19. The first kappa shape index (κ1) is 20.4. The fourth-order valence-corrected chi connectivity index (χ4v) is 3.39. The van der Waals surface area contributed by atoms with Crippen LogP contribution in [0.5, 0.6) is 11.5 Å². The second-order valence-corrected chi connectivity index (χ2v) is 6.57. The molecule has 2 aromatic rings. The number of benzene rings is 2. The molecule has 0 unspecified atom stereocenters. The summed E-state index contributed by atoms with van der Waals surface area (Å²) in [5.41, 5.74) is 1.09. The van der Waals surface area contributed by atoms with Gasteiger partial charge in [0.1, 0.15) is 17.3 Å². The maximum Gasteiger partial charge on any atom is 0.295 e. The van der Waals surface area contributed by atoms with Crippen LogP contribution in [0.3, 0.4) is 0 Å². The van der Waals surface area contributed by atoms with E-state index in [1.165, 1.54) is 12.0 Å². The third-order valence-corrected chi connectivity index (χ3v) is 4.89. The quantitative estimate of drug-likeness (QED) is 0.423. The van der Waals surface area contributed by atoms with Crippen molar-refractivity contribution in [3.8, 4) is 11.5 Å². The largest absolute Gasteiger partial charge is 0.507 e. The number of ether oxygens (including phenoxy) is 2. The average Bonchev–Trinajstić information content (AvgIpc) is 3.02. The lowest BCUT2D eigenvalue weighted by Crippen LogP contribution is -2.31. The number of methoxy groups -OCH3 is 2. The summed E-state index contributed by atoms with van der Waals surface area (Å²) in [6.45, 7) is 0.0774. The van der Waals surface area contributed by atoms with E-state index in [1.54, 1.807) is 55.6 Å². The predicted molar refractivity (Wildman–Crippen MR) is 107 cm³/mol. The lowest BCUT2D eigenvalue weighted by Gasteiger charge is -2.25. The molecular weight excluding hydrogens is 374 g/mol. The number of aliphatic hydroxyl groups excluding tert-OH is 2. The van der Waals surface area contributed by atoms with Crippen LogP contribution in [0.15, 0.2) is 54.1 Å². The topological polar surface area (TPSA) is 96.3 Å². The van der Waals surface area contributed by atoms with E-state index in [9.17, 15) is 19.8 Å². The minimum absolute atomic E-state index is 0.0169. The lowest BCUT2D eigenvalue weighted by molar-refractivity contribution is -0.140. The summed E-state index contributed by atoms with van der Waals surface area (Å²) in [6.07, 6.45) is 0.322. The Kier molecular flexibility index (Phi) is 6.19. The van der Waals surface area contributed by atoms with E-state index >= 15 is 0 Å². The number of rotatable bonds is 7. The van der Waals surface area contributed by atoms with E-state index in [2.05, 4.69) is 0 Å². The highest BCUT2D eigenvalue weighted by Crippen LogP contribution is 2.40. The van der Waals surface area contributed by atoms with Crippen LogP contribution < -0.4 is 9.47 Å². The number of likely N-dealkylation sites (tertiary alicyclic amines) is 1. The van der Waals surface area contributed by atoms with Crippen molar-refractivity contribution in [1.29, 1.82) is 0 Å². The Morgan fingerprint density at radius 3 is 2.03 bits per heavy atom. The second kappa shape index (κ2) is 8.79. The van der Waals surface area contributed by atoms with Crippen LogP contribution in [0.2, 0.25) is 0 Å². The molecule has 3 rings (SSSR count). The minimum Gasteiger partial charge on any atom is -0.507 e. The number of carbonyl (C=O) groups is 2. The van der Waals surface area contributed by atoms with Gasteiger partial charge in [-0.05, 0) is 48.4 Å². The van der Waals surface area contributed by atoms with Gasteiger partial charge in [-0.15, -0.1) is 0 Å². The molecule has 7 heteroatoms. The highest BCUT2D eigenvalue weighted by atomic mass is 16.5. The molecule has 1 aliphatic heterocycles. The van der Waals surface area contributed by atoms with E-state index in [0.717, 1.165) is 0 Å². The fourth-order valence-electron chi connectivity index (χ4n) is 3.39. The second-order valence-electron chi connectivity index (χ2n) is 6.57. The van der Waals surface area contributed by atoms with Crippen molar-refractivity contribution < 1.29 is 29.3 Å². The zero-order valence-electron chi connectivity index (χ0n) is 16.3. The third kappa shape index (κ3) is 3.95. The average molecular weight is 397 g/mol. The molecule has 0 aromatic heterocycles. The minimum atomic E-state index is -0.755. The van der Waals surface area contributed by atoms with Gasteiger partial charge in [0, 0.05) is 18.7 Å². The summed E-state index contributed by atoms with van der Waals surface area (Å²) in [7, 11) is 3.08. The fraction of sp³-hybridized carbons (Fsp3) is 0.273. The van der Waals surface area contributed by atoms with E-state index in [-0.39, 0.29) is 24.5 Å². The molecule has 0 aliphatic carbocycles. The summed E-state index contributed by atoms with van der Waals surface area (Å²) in [4.78, 5) is 26.9. The van der Waals surface area contributed by atoms with Gasteiger partial charge in [0.25, 0.3) is 11.7 Å². The summed E-state index contributed by atoms with van der Waals surface area (Å²) in [5.74, 6) is -0.461. The molecule has 0 bridgehead atoms. The van der Waals surface area contributed by atoms with Gasteiger partial charge < -0.3 is 24.6 Å². The van der Waals surface area contributed by atoms with Gasteiger partial charge in [0.15, 0.2) is 0 Å². The van der Waals surface area contributed by atoms with Crippen LogP contribution in [-0.4, -0.2) is 54.2 Å². The van der Waals surface area contributed by atoms with E-state index in [0.29, 0.717) is 29.0 Å². The Hall–Kier alpha value is -3.32. The number of amides is 1. The Morgan fingerprint density at radius 1 is 0.966 bits per heavy atom. The van der Waals surface area contributed by atoms with Gasteiger partial charge in [-0.2, -0.15) is 0 Å². The highest BCUT2D eigenvalue weighted by Gasteiger charge is 2.45. The molecule has 0 radical (unpaired) electrons.